The molecule has 3 atom stereocenters. The summed E-state index contributed by atoms with van der Waals surface area (Å²) in [7, 11) is 3.21. The first kappa shape index (κ1) is 26.0. The molecule has 1 aliphatic heterocycles. The molecule has 4 rings (SSSR count). The number of ether oxygens (including phenoxy) is 3. The molecule has 1 aliphatic carbocycles. The Labute approximate surface area is 217 Å². The molecule has 0 saturated heterocycles. The molecule has 6 nitrogen and oxygen atoms in total. The van der Waals surface area contributed by atoms with Crippen molar-refractivity contribution in [1.29, 1.82) is 0 Å². The lowest BCUT2D eigenvalue weighted by atomic mass is 9.69. The van der Waals surface area contributed by atoms with Gasteiger partial charge >= 0.3 is 5.97 Å². The fourth-order valence-electron chi connectivity index (χ4n) is 5.17. The van der Waals surface area contributed by atoms with Crippen LogP contribution >= 0.6 is 11.8 Å². The predicted molar refractivity (Wildman–Crippen MR) is 142 cm³/mol. The van der Waals surface area contributed by atoms with E-state index in [4.69, 9.17) is 19.2 Å². The SMILES string of the molecule is CCCOC(=O)C1C(C)=NC2=C(C(=O)CC(c3ccc(OC)c(OC)c3)C2)C1c1ccc(SC)cc1. The van der Waals surface area contributed by atoms with Gasteiger partial charge in [-0.05, 0) is 67.3 Å². The molecule has 0 fully saturated rings. The minimum atomic E-state index is -0.614. The van der Waals surface area contributed by atoms with Crippen molar-refractivity contribution in [1.82, 2.24) is 0 Å². The number of thioether (sulfide) groups is 1. The molecule has 2 aromatic carbocycles. The number of hydrogen-bond acceptors (Lipinski definition) is 7. The molecule has 190 valence electrons. The number of nitrogens with zero attached hydrogens (tertiary/aromatic N) is 1. The Hall–Kier alpha value is -3.06. The van der Waals surface area contributed by atoms with Crippen LogP contribution in [-0.2, 0) is 14.3 Å². The van der Waals surface area contributed by atoms with Crippen LogP contribution in [0, 0.1) is 5.92 Å². The summed E-state index contributed by atoms with van der Waals surface area (Å²) < 4.78 is 16.4. The third kappa shape index (κ3) is 5.07. The Bertz CT molecular complexity index is 1200. The average Bonchev–Trinajstić information content (AvgIpc) is 2.90. The maximum Gasteiger partial charge on any atom is 0.315 e. The molecule has 7 heteroatoms. The highest BCUT2D eigenvalue weighted by atomic mass is 32.2. The minimum absolute atomic E-state index is 0.0273. The van der Waals surface area contributed by atoms with Crippen molar-refractivity contribution in [3.8, 4) is 11.5 Å². The summed E-state index contributed by atoms with van der Waals surface area (Å²) in [6.07, 6.45) is 3.72. The smallest absolute Gasteiger partial charge is 0.315 e. The summed E-state index contributed by atoms with van der Waals surface area (Å²) >= 11 is 1.66. The van der Waals surface area contributed by atoms with E-state index in [2.05, 4.69) is 0 Å². The molecule has 0 amide bonds. The first-order chi connectivity index (χ1) is 17.4. The van der Waals surface area contributed by atoms with Crippen LogP contribution in [0.1, 0.15) is 56.1 Å². The molecule has 3 unspecified atom stereocenters. The first-order valence-corrected chi connectivity index (χ1v) is 13.5. The molecule has 0 radical (unpaired) electrons. The molecule has 2 aliphatic rings. The third-order valence-corrected chi connectivity index (χ3v) is 7.69. The van der Waals surface area contributed by atoms with E-state index in [9.17, 15) is 9.59 Å². The number of ketones is 1. The molecule has 0 N–H and O–H groups in total. The van der Waals surface area contributed by atoms with Gasteiger partial charge in [0, 0.05) is 34.2 Å². The van der Waals surface area contributed by atoms with Crippen LogP contribution in [0.2, 0.25) is 0 Å². The standard InChI is InChI=1S/C29H33NO5S/c1-6-13-35-29(32)26-17(2)30-22-14-20(19-9-12-24(33-3)25(16-19)34-4)15-23(31)28(22)27(26)18-7-10-21(36-5)11-8-18/h7-12,16,20,26-27H,6,13-15H2,1-5H3. The summed E-state index contributed by atoms with van der Waals surface area (Å²) in [6, 6.07) is 13.9. The Balaban J connectivity index is 1.75. The van der Waals surface area contributed by atoms with Gasteiger partial charge in [-0.25, -0.2) is 0 Å². The number of rotatable bonds is 8. The van der Waals surface area contributed by atoms with Gasteiger partial charge in [0.1, 0.15) is 5.92 Å². The quantitative estimate of drug-likeness (QED) is 0.325. The summed E-state index contributed by atoms with van der Waals surface area (Å²) in [6.45, 7) is 4.19. The van der Waals surface area contributed by atoms with E-state index in [1.807, 2.05) is 62.6 Å². The molecule has 0 saturated carbocycles. The van der Waals surface area contributed by atoms with Crippen LogP contribution < -0.4 is 9.47 Å². The topological polar surface area (TPSA) is 74.2 Å². The molecule has 1 heterocycles. The van der Waals surface area contributed by atoms with Crippen LogP contribution in [0.4, 0.5) is 0 Å². The second kappa shape index (κ2) is 11.3. The van der Waals surface area contributed by atoms with Gasteiger partial charge in [-0.1, -0.05) is 25.1 Å². The largest absolute Gasteiger partial charge is 0.493 e. The number of hydrogen-bond donors (Lipinski definition) is 0. The maximum absolute atomic E-state index is 13.7. The predicted octanol–water partition coefficient (Wildman–Crippen LogP) is 5.95. The van der Waals surface area contributed by atoms with Gasteiger partial charge in [0.05, 0.1) is 20.8 Å². The molecular formula is C29H33NO5S. The number of methoxy groups -OCH3 is 2. The molecule has 0 aromatic heterocycles. The summed E-state index contributed by atoms with van der Waals surface area (Å²) in [4.78, 5) is 32.9. The van der Waals surface area contributed by atoms with Crippen LogP contribution in [0.5, 0.6) is 11.5 Å². The van der Waals surface area contributed by atoms with Gasteiger partial charge in [-0.3, -0.25) is 14.6 Å². The minimum Gasteiger partial charge on any atom is -0.493 e. The van der Waals surface area contributed by atoms with Crippen molar-refractivity contribution in [2.75, 3.05) is 27.1 Å². The van der Waals surface area contributed by atoms with Crippen LogP contribution in [0.15, 0.2) is 63.6 Å². The number of carbonyl (C=O) groups is 2. The van der Waals surface area contributed by atoms with Crippen molar-refractivity contribution in [2.45, 2.75) is 49.8 Å². The Kier molecular flexibility index (Phi) is 8.19. The van der Waals surface area contributed by atoms with Crippen molar-refractivity contribution in [3.63, 3.8) is 0 Å². The maximum atomic E-state index is 13.7. The fourth-order valence-corrected chi connectivity index (χ4v) is 5.58. The highest BCUT2D eigenvalue weighted by Crippen LogP contribution is 2.47. The van der Waals surface area contributed by atoms with E-state index in [0.717, 1.165) is 28.1 Å². The average molecular weight is 508 g/mol. The van der Waals surface area contributed by atoms with Crippen LogP contribution in [0.3, 0.4) is 0 Å². The first-order valence-electron chi connectivity index (χ1n) is 12.3. The summed E-state index contributed by atoms with van der Waals surface area (Å²) in [5, 5.41) is 0. The monoisotopic (exact) mass is 507 g/mol. The summed E-state index contributed by atoms with van der Waals surface area (Å²) in [5.41, 5.74) is 4.04. The van der Waals surface area contributed by atoms with Crippen molar-refractivity contribution in [3.05, 3.63) is 64.9 Å². The zero-order valence-electron chi connectivity index (χ0n) is 21.5. The Morgan fingerprint density at radius 1 is 1.03 bits per heavy atom. The van der Waals surface area contributed by atoms with Crippen LogP contribution in [0.25, 0.3) is 0 Å². The van der Waals surface area contributed by atoms with Crippen molar-refractivity contribution in [2.24, 2.45) is 10.9 Å². The molecule has 2 aromatic rings. The van der Waals surface area contributed by atoms with E-state index in [1.54, 1.807) is 26.0 Å². The number of benzene rings is 2. The Morgan fingerprint density at radius 3 is 2.36 bits per heavy atom. The summed E-state index contributed by atoms with van der Waals surface area (Å²) in [5.74, 6) is -0.0599. The number of allylic oxidation sites excluding steroid dienone is 2. The third-order valence-electron chi connectivity index (χ3n) is 6.94. The number of Topliss-reactive ketones (excluding diaryl/α,β-unsaturated/α-hetero) is 1. The normalized spacial score (nSPS) is 21.5. The second-order valence-corrected chi connectivity index (χ2v) is 10.0. The Morgan fingerprint density at radius 2 is 1.72 bits per heavy atom. The van der Waals surface area contributed by atoms with Crippen molar-refractivity contribution >= 4 is 29.2 Å². The lowest BCUT2D eigenvalue weighted by Gasteiger charge is -2.36. The molecule has 0 spiro atoms. The highest BCUT2D eigenvalue weighted by molar-refractivity contribution is 7.98. The molecule has 0 bridgehead atoms. The van der Waals surface area contributed by atoms with Gasteiger partial charge in [0.25, 0.3) is 0 Å². The van der Waals surface area contributed by atoms with Crippen molar-refractivity contribution < 1.29 is 23.8 Å². The van der Waals surface area contributed by atoms with Gasteiger partial charge < -0.3 is 14.2 Å². The van der Waals surface area contributed by atoms with Gasteiger partial charge in [-0.2, -0.15) is 0 Å². The molecular weight excluding hydrogens is 474 g/mol. The van der Waals surface area contributed by atoms with E-state index < -0.39 is 11.8 Å². The van der Waals surface area contributed by atoms with Gasteiger partial charge in [-0.15, -0.1) is 11.8 Å². The lowest BCUT2D eigenvalue weighted by molar-refractivity contribution is -0.146. The number of esters is 1. The van der Waals surface area contributed by atoms with E-state index in [1.165, 1.54) is 0 Å². The number of aliphatic imine (C=N–C) groups is 1. The second-order valence-electron chi connectivity index (χ2n) is 9.15. The van der Waals surface area contributed by atoms with Gasteiger partial charge in [0.15, 0.2) is 17.3 Å². The van der Waals surface area contributed by atoms with E-state index in [0.29, 0.717) is 42.2 Å². The fraction of sp³-hybridized carbons (Fsp3) is 0.414. The van der Waals surface area contributed by atoms with Crippen LogP contribution in [-0.4, -0.2) is 44.5 Å². The van der Waals surface area contributed by atoms with Gasteiger partial charge in [0.2, 0.25) is 0 Å². The molecule has 36 heavy (non-hydrogen) atoms. The zero-order chi connectivity index (χ0) is 25.8. The van der Waals surface area contributed by atoms with E-state index in [-0.39, 0.29) is 17.7 Å². The highest BCUT2D eigenvalue weighted by Gasteiger charge is 2.44. The number of carbonyl (C=O) groups excluding carboxylic acids is 2. The lowest BCUT2D eigenvalue weighted by Crippen LogP contribution is -2.38. The zero-order valence-corrected chi connectivity index (χ0v) is 22.3. The van der Waals surface area contributed by atoms with E-state index >= 15 is 0 Å².